The fraction of sp³-hybridized carbons (Fsp3) is 0.643. The van der Waals surface area contributed by atoms with Crippen LogP contribution in [0, 0.1) is 5.92 Å². The van der Waals surface area contributed by atoms with Gasteiger partial charge in [-0.2, -0.15) is 4.31 Å². The molecule has 3 rings (SSSR count). The second kappa shape index (κ2) is 6.02. The minimum atomic E-state index is -3.74. The van der Waals surface area contributed by atoms with Crippen LogP contribution in [0.1, 0.15) is 29.8 Å². The van der Waals surface area contributed by atoms with Gasteiger partial charge in [-0.3, -0.25) is 0 Å². The van der Waals surface area contributed by atoms with E-state index in [0.717, 1.165) is 19.3 Å². The Labute approximate surface area is 129 Å². The van der Waals surface area contributed by atoms with E-state index in [2.05, 4.69) is 4.74 Å². The van der Waals surface area contributed by atoms with Crippen molar-refractivity contribution in [3.63, 3.8) is 0 Å². The highest BCUT2D eigenvalue weighted by Gasteiger charge is 2.41. The summed E-state index contributed by atoms with van der Waals surface area (Å²) in [5, 5.41) is -0.210. The van der Waals surface area contributed by atoms with Gasteiger partial charge in [0.2, 0.25) is 10.9 Å². The number of hydrogen-bond donors (Lipinski definition) is 0. The minimum absolute atomic E-state index is 0.0253. The van der Waals surface area contributed by atoms with Crippen LogP contribution >= 0.6 is 0 Å². The molecule has 8 heteroatoms. The van der Waals surface area contributed by atoms with Crippen molar-refractivity contribution in [2.24, 2.45) is 5.92 Å². The van der Waals surface area contributed by atoms with Gasteiger partial charge >= 0.3 is 5.97 Å². The smallest absolute Gasteiger partial charge is 0.374 e. The molecule has 0 unspecified atom stereocenters. The van der Waals surface area contributed by atoms with Crippen molar-refractivity contribution in [1.82, 2.24) is 4.31 Å². The number of ether oxygens (including phenoxy) is 2. The van der Waals surface area contributed by atoms with Crippen LogP contribution in [0.3, 0.4) is 0 Å². The molecule has 1 aromatic heterocycles. The van der Waals surface area contributed by atoms with Crippen molar-refractivity contribution >= 4 is 16.0 Å². The number of carbonyl (C=O) groups excluding carboxylic acids is 1. The Morgan fingerprint density at radius 3 is 2.73 bits per heavy atom. The maximum atomic E-state index is 12.8. The summed E-state index contributed by atoms with van der Waals surface area (Å²) in [5.41, 5.74) is 0. The Balaban J connectivity index is 1.82. The molecule has 22 heavy (non-hydrogen) atoms. The summed E-state index contributed by atoms with van der Waals surface area (Å²) in [6, 6.07) is 2.65. The molecule has 1 saturated carbocycles. The first-order valence-electron chi connectivity index (χ1n) is 7.30. The molecule has 0 bridgehead atoms. The van der Waals surface area contributed by atoms with E-state index in [-0.39, 0.29) is 22.8 Å². The normalized spacial score (nSPS) is 22.2. The van der Waals surface area contributed by atoms with Gasteiger partial charge in [-0.25, -0.2) is 13.2 Å². The van der Waals surface area contributed by atoms with Crippen molar-refractivity contribution in [1.29, 1.82) is 0 Å². The van der Waals surface area contributed by atoms with E-state index in [4.69, 9.17) is 9.15 Å². The maximum absolute atomic E-state index is 12.8. The summed E-state index contributed by atoms with van der Waals surface area (Å²) in [7, 11) is -2.52. The lowest BCUT2D eigenvalue weighted by Crippen LogP contribution is -2.37. The monoisotopic (exact) mass is 329 g/mol. The van der Waals surface area contributed by atoms with E-state index in [9.17, 15) is 13.2 Å². The van der Waals surface area contributed by atoms with Crippen LogP contribution in [-0.2, 0) is 19.5 Å². The van der Waals surface area contributed by atoms with Crippen LogP contribution in [-0.4, -0.2) is 51.6 Å². The lowest BCUT2D eigenvalue weighted by Gasteiger charge is -2.23. The predicted octanol–water partition coefficient (Wildman–Crippen LogP) is 1.26. The van der Waals surface area contributed by atoms with Crippen LogP contribution in [0.25, 0.3) is 0 Å². The first-order chi connectivity index (χ1) is 10.5. The second-order valence-electron chi connectivity index (χ2n) is 5.65. The van der Waals surface area contributed by atoms with Gasteiger partial charge in [0.15, 0.2) is 0 Å². The van der Waals surface area contributed by atoms with Crippen LogP contribution in [0.2, 0.25) is 0 Å². The van der Waals surface area contributed by atoms with E-state index in [1.54, 1.807) is 0 Å². The van der Waals surface area contributed by atoms with Crippen molar-refractivity contribution < 1.29 is 27.1 Å². The van der Waals surface area contributed by atoms with Crippen molar-refractivity contribution in [2.75, 3.05) is 26.9 Å². The Kier molecular flexibility index (Phi) is 4.24. The average Bonchev–Trinajstić information content (AvgIpc) is 3.02. The summed E-state index contributed by atoms with van der Waals surface area (Å²) < 4.78 is 42.1. The lowest BCUT2D eigenvalue weighted by molar-refractivity contribution is 0.0558. The molecular weight excluding hydrogens is 310 g/mol. The average molecular weight is 329 g/mol. The van der Waals surface area contributed by atoms with E-state index in [0.29, 0.717) is 19.8 Å². The fourth-order valence-electron chi connectivity index (χ4n) is 2.57. The number of methoxy groups -OCH3 is 1. The maximum Gasteiger partial charge on any atom is 0.374 e. The van der Waals surface area contributed by atoms with E-state index >= 15 is 0 Å². The zero-order chi connectivity index (χ0) is 15.7. The number of hydrogen-bond acceptors (Lipinski definition) is 6. The SMILES string of the molecule is COC(=O)c1ccc(S(=O)(=O)N(C[C@H]2CCOC2)C2CC2)o1. The predicted molar refractivity (Wildman–Crippen MR) is 75.9 cm³/mol. The topological polar surface area (TPSA) is 86.1 Å². The number of rotatable bonds is 6. The first kappa shape index (κ1) is 15.5. The molecule has 1 aliphatic heterocycles. The van der Waals surface area contributed by atoms with Gasteiger partial charge in [0.1, 0.15) is 0 Å². The highest BCUT2D eigenvalue weighted by atomic mass is 32.2. The van der Waals surface area contributed by atoms with E-state index in [1.165, 1.54) is 23.5 Å². The first-order valence-corrected chi connectivity index (χ1v) is 8.74. The molecule has 0 radical (unpaired) electrons. The molecule has 1 saturated heterocycles. The van der Waals surface area contributed by atoms with Gasteiger partial charge in [0, 0.05) is 19.2 Å². The van der Waals surface area contributed by atoms with Crippen LogP contribution < -0.4 is 0 Å². The standard InChI is InChI=1S/C14H19NO6S/c1-19-14(16)12-4-5-13(21-12)22(17,18)15(11-2-3-11)8-10-6-7-20-9-10/h4-5,10-11H,2-3,6-9H2,1H3/t10-/m1/s1. The van der Waals surface area contributed by atoms with Gasteiger partial charge in [-0.05, 0) is 37.3 Å². The number of esters is 1. The second-order valence-corrected chi connectivity index (χ2v) is 7.47. The molecule has 0 N–H and O–H groups in total. The van der Waals surface area contributed by atoms with E-state index < -0.39 is 16.0 Å². The third-order valence-corrected chi connectivity index (χ3v) is 5.74. The van der Waals surface area contributed by atoms with Gasteiger partial charge in [-0.1, -0.05) is 0 Å². The highest BCUT2D eigenvalue weighted by Crippen LogP contribution is 2.34. The Morgan fingerprint density at radius 2 is 2.14 bits per heavy atom. The highest BCUT2D eigenvalue weighted by molar-refractivity contribution is 7.89. The molecule has 1 atom stereocenters. The van der Waals surface area contributed by atoms with Gasteiger partial charge in [0.05, 0.1) is 13.7 Å². The minimum Gasteiger partial charge on any atom is -0.463 e. The zero-order valence-electron chi connectivity index (χ0n) is 12.4. The Morgan fingerprint density at radius 1 is 1.36 bits per heavy atom. The molecule has 1 aliphatic carbocycles. The molecule has 2 heterocycles. The largest absolute Gasteiger partial charge is 0.463 e. The summed E-state index contributed by atoms with van der Waals surface area (Å²) in [4.78, 5) is 11.4. The third-order valence-electron chi connectivity index (χ3n) is 3.95. The summed E-state index contributed by atoms with van der Waals surface area (Å²) in [6.07, 6.45) is 2.58. The quantitative estimate of drug-likeness (QED) is 0.730. The molecule has 1 aromatic rings. The van der Waals surface area contributed by atoms with E-state index in [1.807, 2.05) is 0 Å². The van der Waals surface area contributed by atoms with Gasteiger partial charge in [0.25, 0.3) is 10.0 Å². The van der Waals surface area contributed by atoms with Crippen molar-refractivity contribution in [3.05, 3.63) is 17.9 Å². The number of sulfonamides is 1. The molecule has 7 nitrogen and oxygen atoms in total. The van der Waals surface area contributed by atoms with Gasteiger partial charge < -0.3 is 13.9 Å². The summed E-state index contributed by atoms with van der Waals surface area (Å²) in [6.45, 7) is 1.70. The molecule has 2 aliphatic rings. The van der Waals surface area contributed by atoms with Crippen LogP contribution in [0.15, 0.2) is 21.6 Å². The lowest BCUT2D eigenvalue weighted by atomic mass is 10.1. The molecule has 0 spiro atoms. The molecule has 2 fully saturated rings. The fourth-order valence-corrected chi connectivity index (χ4v) is 4.25. The van der Waals surface area contributed by atoms with Crippen LogP contribution in [0.5, 0.6) is 0 Å². The number of carbonyl (C=O) groups is 1. The van der Waals surface area contributed by atoms with Gasteiger partial charge in [-0.15, -0.1) is 0 Å². The summed E-state index contributed by atoms with van der Waals surface area (Å²) >= 11 is 0. The zero-order valence-corrected chi connectivity index (χ0v) is 13.2. The third kappa shape index (κ3) is 3.04. The van der Waals surface area contributed by atoms with Crippen LogP contribution in [0.4, 0.5) is 0 Å². The Bertz CT molecular complexity index is 642. The summed E-state index contributed by atoms with van der Waals surface area (Å²) in [5.74, 6) is -0.588. The molecular formula is C14H19NO6S. The Hall–Kier alpha value is -1.38. The van der Waals surface area contributed by atoms with Crippen molar-refractivity contribution in [2.45, 2.75) is 30.4 Å². The molecule has 0 aromatic carbocycles. The number of nitrogens with zero attached hydrogens (tertiary/aromatic N) is 1. The molecule has 0 amide bonds. The molecule has 122 valence electrons. The van der Waals surface area contributed by atoms with Crippen molar-refractivity contribution in [3.8, 4) is 0 Å². The number of furan rings is 1.